The van der Waals surface area contributed by atoms with E-state index in [2.05, 4.69) is 5.32 Å². The lowest BCUT2D eigenvalue weighted by atomic mass is 9.99. The lowest BCUT2D eigenvalue weighted by molar-refractivity contribution is 0.0926. The van der Waals surface area contributed by atoms with Gasteiger partial charge in [-0.2, -0.15) is 0 Å². The Morgan fingerprint density at radius 1 is 1.56 bits per heavy atom. The molecule has 0 fully saturated rings. The molecule has 0 amide bonds. The van der Waals surface area contributed by atoms with Crippen molar-refractivity contribution in [2.75, 3.05) is 20.7 Å². The van der Waals surface area contributed by atoms with Gasteiger partial charge in [0, 0.05) is 18.5 Å². The minimum atomic E-state index is -0.535. The third-order valence-corrected chi connectivity index (χ3v) is 2.40. The molecule has 0 aliphatic heterocycles. The monoisotopic (exact) mass is 225 g/mol. The molecule has 3 nitrogen and oxygen atoms in total. The average Bonchev–Trinajstić information content (AvgIpc) is 2.28. The Morgan fingerprint density at radius 2 is 2.25 bits per heavy atom. The summed E-state index contributed by atoms with van der Waals surface area (Å²) in [6, 6.07) is 4.27. The highest BCUT2D eigenvalue weighted by Gasteiger charge is 2.18. The number of halogens is 1. The summed E-state index contributed by atoms with van der Waals surface area (Å²) in [5, 5.41) is 2.89. The molecule has 1 aromatic carbocycles. The molecule has 0 heterocycles. The number of methoxy groups -OCH3 is 1. The van der Waals surface area contributed by atoms with Crippen LogP contribution in [0.25, 0.3) is 0 Å². The lowest BCUT2D eigenvalue weighted by Gasteiger charge is -2.10. The van der Waals surface area contributed by atoms with Crippen LogP contribution in [0.4, 0.5) is 4.39 Å². The molecule has 0 aliphatic rings. The SMILES string of the molecule is CNCC(C)C(=O)c1ccc(OC)cc1F. The van der Waals surface area contributed by atoms with Gasteiger partial charge in [-0.05, 0) is 19.2 Å². The van der Waals surface area contributed by atoms with Crippen molar-refractivity contribution in [3.05, 3.63) is 29.6 Å². The van der Waals surface area contributed by atoms with E-state index in [0.29, 0.717) is 12.3 Å². The van der Waals surface area contributed by atoms with Crippen molar-refractivity contribution >= 4 is 5.78 Å². The molecule has 0 spiro atoms. The number of hydrogen-bond acceptors (Lipinski definition) is 3. The second-order valence-corrected chi connectivity index (χ2v) is 3.67. The van der Waals surface area contributed by atoms with Crippen molar-refractivity contribution in [1.82, 2.24) is 5.32 Å². The first-order valence-electron chi connectivity index (χ1n) is 5.12. The van der Waals surface area contributed by atoms with Crippen LogP contribution in [0.15, 0.2) is 18.2 Å². The number of hydrogen-bond donors (Lipinski definition) is 1. The summed E-state index contributed by atoms with van der Waals surface area (Å²) in [5.74, 6) is -0.565. The zero-order chi connectivity index (χ0) is 12.1. The fourth-order valence-electron chi connectivity index (χ4n) is 1.49. The summed E-state index contributed by atoms with van der Waals surface area (Å²) in [6.45, 7) is 2.30. The topological polar surface area (TPSA) is 38.3 Å². The molecule has 1 atom stereocenters. The maximum atomic E-state index is 13.6. The van der Waals surface area contributed by atoms with E-state index < -0.39 is 5.82 Å². The summed E-state index contributed by atoms with van der Waals surface area (Å²) in [7, 11) is 3.22. The Hall–Kier alpha value is -1.42. The van der Waals surface area contributed by atoms with Gasteiger partial charge < -0.3 is 10.1 Å². The Morgan fingerprint density at radius 3 is 2.75 bits per heavy atom. The van der Waals surface area contributed by atoms with Crippen molar-refractivity contribution < 1.29 is 13.9 Å². The third-order valence-electron chi connectivity index (χ3n) is 2.40. The van der Waals surface area contributed by atoms with Gasteiger partial charge in [-0.3, -0.25) is 4.79 Å². The molecule has 0 saturated heterocycles. The smallest absolute Gasteiger partial charge is 0.169 e. The molecule has 0 radical (unpaired) electrons. The molecule has 0 aliphatic carbocycles. The van der Waals surface area contributed by atoms with Crippen molar-refractivity contribution in [1.29, 1.82) is 0 Å². The quantitative estimate of drug-likeness (QED) is 0.777. The lowest BCUT2D eigenvalue weighted by Crippen LogP contribution is -2.24. The first-order chi connectivity index (χ1) is 7.60. The zero-order valence-electron chi connectivity index (χ0n) is 9.71. The normalized spacial score (nSPS) is 12.2. The average molecular weight is 225 g/mol. The first-order valence-corrected chi connectivity index (χ1v) is 5.12. The van der Waals surface area contributed by atoms with E-state index in [-0.39, 0.29) is 17.3 Å². The Kier molecular flexibility index (Phi) is 4.43. The van der Waals surface area contributed by atoms with Crippen molar-refractivity contribution in [3.8, 4) is 5.75 Å². The van der Waals surface area contributed by atoms with Gasteiger partial charge >= 0.3 is 0 Å². The van der Waals surface area contributed by atoms with Crippen LogP contribution in [-0.4, -0.2) is 26.5 Å². The van der Waals surface area contributed by atoms with Crippen LogP contribution in [0.1, 0.15) is 17.3 Å². The molecule has 0 aromatic heterocycles. The maximum absolute atomic E-state index is 13.6. The number of carbonyl (C=O) groups excluding carboxylic acids is 1. The fourth-order valence-corrected chi connectivity index (χ4v) is 1.49. The Bertz CT molecular complexity index is 379. The number of carbonyl (C=O) groups is 1. The second-order valence-electron chi connectivity index (χ2n) is 3.67. The largest absolute Gasteiger partial charge is 0.497 e. The van der Waals surface area contributed by atoms with Crippen LogP contribution in [-0.2, 0) is 0 Å². The van der Waals surface area contributed by atoms with Crippen LogP contribution < -0.4 is 10.1 Å². The van der Waals surface area contributed by atoms with Crippen LogP contribution in [0.3, 0.4) is 0 Å². The highest BCUT2D eigenvalue weighted by molar-refractivity contribution is 5.98. The Balaban J connectivity index is 2.91. The van der Waals surface area contributed by atoms with E-state index in [0.717, 1.165) is 0 Å². The molecule has 0 saturated carbocycles. The number of nitrogens with one attached hydrogen (secondary N) is 1. The van der Waals surface area contributed by atoms with Crippen LogP contribution in [0.2, 0.25) is 0 Å². The van der Waals surface area contributed by atoms with Crippen molar-refractivity contribution in [2.45, 2.75) is 6.92 Å². The number of rotatable bonds is 5. The van der Waals surface area contributed by atoms with Gasteiger partial charge in [0.1, 0.15) is 11.6 Å². The molecule has 1 rings (SSSR count). The van der Waals surface area contributed by atoms with Crippen molar-refractivity contribution in [2.24, 2.45) is 5.92 Å². The summed E-state index contributed by atoms with van der Waals surface area (Å²) in [4.78, 5) is 11.8. The van der Waals surface area contributed by atoms with Gasteiger partial charge in [-0.1, -0.05) is 6.92 Å². The van der Waals surface area contributed by atoms with Gasteiger partial charge in [-0.15, -0.1) is 0 Å². The van der Waals surface area contributed by atoms with E-state index >= 15 is 0 Å². The van der Waals surface area contributed by atoms with Gasteiger partial charge in [0.05, 0.1) is 12.7 Å². The highest BCUT2D eigenvalue weighted by atomic mass is 19.1. The second kappa shape index (κ2) is 5.61. The van der Waals surface area contributed by atoms with Gasteiger partial charge in [0.15, 0.2) is 5.78 Å². The van der Waals surface area contributed by atoms with E-state index in [1.165, 1.54) is 19.2 Å². The molecular formula is C12H16FNO2. The fraction of sp³-hybridized carbons (Fsp3) is 0.417. The molecule has 4 heteroatoms. The molecule has 88 valence electrons. The molecule has 16 heavy (non-hydrogen) atoms. The molecule has 1 N–H and O–H groups in total. The highest BCUT2D eigenvalue weighted by Crippen LogP contribution is 2.18. The summed E-state index contributed by atoms with van der Waals surface area (Å²) in [6.07, 6.45) is 0. The molecular weight excluding hydrogens is 209 g/mol. The first kappa shape index (κ1) is 12.6. The van der Waals surface area contributed by atoms with Gasteiger partial charge in [0.2, 0.25) is 0 Å². The third kappa shape index (κ3) is 2.79. The summed E-state index contributed by atoms with van der Waals surface area (Å²) < 4.78 is 18.4. The van der Waals surface area contributed by atoms with E-state index in [4.69, 9.17) is 4.74 Å². The van der Waals surface area contributed by atoms with Crippen molar-refractivity contribution in [3.63, 3.8) is 0 Å². The standard InChI is InChI=1S/C12H16FNO2/c1-8(7-14-2)12(15)10-5-4-9(16-3)6-11(10)13/h4-6,8,14H,7H2,1-3H3. The van der Waals surface area contributed by atoms with E-state index in [1.54, 1.807) is 20.0 Å². The Labute approximate surface area is 94.6 Å². The number of ether oxygens (including phenoxy) is 1. The predicted molar refractivity (Wildman–Crippen MR) is 60.4 cm³/mol. The zero-order valence-corrected chi connectivity index (χ0v) is 9.71. The van der Waals surface area contributed by atoms with E-state index in [9.17, 15) is 9.18 Å². The minimum Gasteiger partial charge on any atom is -0.497 e. The number of benzene rings is 1. The maximum Gasteiger partial charge on any atom is 0.169 e. The van der Waals surface area contributed by atoms with Crippen LogP contribution in [0.5, 0.6) is 5.75 Å². The molecule has 1 aromatic rings. The van der Waals surface area contributed by atoms with Gasteiger partial charge in [-0.25, -0.2) is 4.39 Å². The van der Waals surface area contributed by atoms with Crippen LogP contribution in [0, 0.1) is 11.7 Å². The summed E-state index contributed by atoms with van der Waals surface area (Å²) in [5.41, 5.74) is 0.114. The molecule has 1 unspecified atom stereocenters. The number of ketones is 1. The minimum absolute atomic E-state index is 0.114. The summed E-state index contributed by atoms with van der Waals surface area (Å²) >= 11 is 0. The van der Waals surface area contributed by atoms with E-state index in [1.807, 2.05) is 0 Å². The number of Topliss-reactive ketones (excluding diaryl/α,β-unsaturated/α-hetero) is 1. The molecule has 0 bridgehead atoms. The van der Waals surface area contributed by atoms with Crippen LogP contribution >= 0.6 is 0 Å². The van der Waals surface area contributed by atoms with Gasteiger partial charge in [0.25, 0.3) is 0 Å². The predicted octanol–water partition coefficient (Wildman–Crippen LogP) is 1.87.